The van der Waals surface area contributed by atoms with Gasteiger partial charge in [-0.3, -0.25) is 0 Å². The Labute approximate surface area is 275 Å². The highest BCUT2D eigenvalue weighted by Gasteiger charge is 2.56. The average Bonchev–Trinajstić information content (AvgIpc) is 3.28. The highest BCUT2D eigenvalue weighted by atomic mass is 15.4. The topological polar surface area (TPSA) is 104 Å². The average molecular weight is 621 g/mol. The first-order valence-corrected chi connectivity index (χ1v) is 18.2. The molecule has 6 heteroatoms. The Morgan fingerprint density at radius 1 is 0.386 bits per heavy atom. The molecule has 0 aromatic heterocycles. The summed E-state index contributed by atoms with van der Waals surface area (Å²) in [6, 6.07) is 0. The van der Waals surface area contributed by atoms with Crippen LogP contribution in [0.3, 0.4) is 0 Å². The lowest BCUT2D eigenvalue weighted by Gasteiger charge is -2.46. The van der Waals surface area contributed by atoms with E-state index in [1.165, 1.54) is 56.6 Å². The van der Waals surface area contributed by atoms with E-state index in [4.69, 9.17) is 22.9 Å². The van der Waals surface area contributed by atoms with E-state index in [-0.39, 0.29) is 33.0 Å². The molecule has 3 heterocycles. The van der Waals surface area contributed by atoms with Gasteiger partial charge >= 0.3 is 0 Å². The molecule has 8 N–H and O–H groups in total. The minimum Gasteiger partial charge on any atom is -0.328 e. The van der Waals surface area contributed by atoms with Gasteiger partial charge in [0.25, 0.3) is 0 Å². The van der Waals surface area contributed by atoms with Crippen LogP contribution >= 0.6 is 0 Å². The van der Waals surface area contributed by atoms with Gasteiger partial charge in [0.2, 0.25) is 0 Å². The summed E-state index contributed by atoms with van der Waals surface area (Å²) >= 11 is 0. The van der Waals surface area contributed by atoms with Gasteiger partial charge in [-0.15, -0.1) is 0 Å². The van der Waals surface area contributed by atoms with Gasteiger partial charge in [0, 0.05) is 57.7 Å². The van der Waals surface area contributed by atoms with Crippen molar-refractivity contribution in [3.05, 3.63) is 0 Å². The number of likely N-dealkylation sites (tertiary alicyclic amines) is 1. The molecule has 0 aliphatic carbocycles. The molecule has 6 nitrogen and oxygen atoms in total. The highest BCUT2D eigenvalue weighted by molar-refractivity contribution is 4.97. The predicted octanol–water partition coefficient (Wildman–Crippen LogP) is 5.96. The molecular weight excluding hydrogens is 540 g/mol. The van der Waals surface area contributed by atoms with E-state index < -0.39 is 0 Å². The molecular formula is C38H80N6+2. The largest absolute Gasteiger partial charge is 0.328 e. The van der Waals surface area contributed by atoms with Crippen LogP contribution in [0.1, 0.15) is 122 Å². The van der Waals surface area contributed by atoms with Crippen LogP contribution in [0, 0.1) is 46.3 Å². The summed E-state index contributed by atoms with van der Waals surface area (Å²) in [6.07, 6.45) is 6.95. The SMILES string of the molecule is CC(C)(N)CC1C[N+](C)(C)CC1CC(C)(C)C(C)(C)CC1C[N+]2(CC(CC(C)(C)N)C(CC(C)(C)N)C2)CC1CC(C)(C)N. The highest BCUT2D eigenvalue weighted by Crippen LogP contribution is 2.54. The van der Waals surface area contributed by atoms with E-state index in [9.17, 15) is 0 Å². The third-order valence-corrected chi connectivity index (χ3v) is 12.5. The van der Waals surface area contributed by atoms with Crippen LogP contribution in [0.4, 0.5) is 0 Å². The summed E-state index contributed by atoms with van der Waals surface area (Å²) in [5, 5.41) is 0. The van der Waals surface area contributed by atoms with Crippen LogP contribution in [0.5, 0.6) is 0 Å². The molecule has 6 unspecified atom stereocenters. The van der Waals surface area contributed by atoms with Crippen molar-refractivity contribution in [2.24, 2.45) is 69.3 Å². The molecule has 0 radical (unpaired) electrons. The summed E-state index contributed by atoms with van der Waals surface area (Å²) in [5.74, 6) is 4.05. The van der Waals surface area contributed by atoms with E-state index in [0.717, 1.165) is 36.1 Å². The molecule has 3 aliphatic rings. The smallest absolute Gasteiger partial charge is 0.0821 e. The fraction of sp³-hybridized carbons (Fsp3) is 1.00. The second-order valence-corrected chi connectivity index (χ2v) is 21.9. The molecule has 6 atom stereocenters. The maximum absolute atomic E-state index is 6.78. The molecule has 3 aliphatic heterocycles. The van der Waals surface area contributed by atoms with Crippen LogP contribution < -0.4 is 22.9 Å². The first kappa shape index (κ1) is 38.2. The Morgan fingerprint density at radius 3 is 0.841 bits per heavy atom. The Kier molecular flexibility index (Phi) is 10.7. The standard InChI is InChI=1S/C38H80N6/c1-33(2,15-27-21-43(13,14)22-29(27)17-35(5,6)39)34(3,4)16-28-23-44(24-30(28)18-36(7,8)40)25-31(19-37(9,10)41)32(26-44)20-38(11,12)42/h27-32H,15-26,39-42H2,1-14H3/q+2. The monoisotopic (exact) mass is 621 g/mol. The fourth-order valence-electron chi connectivity index (χ4n) is 10.6. The summed E-state index contributed by atoms with van der Waals surface area (Å²) in [7, 11) is 4.84. The second-order valence-electron chi connectivity index (χ2n) is 21.9. The molecule has 0 aromatic carbocycles. The molecule has 3 fully saturated rings. The Morgan fingerprint density at radius 2 is 0.591 bits per heavy atom. The molecule has 1 spiro atoms. The molecule has 260 valence electrons. The minimum absolute atomic E-state index is 0.111. The van der Waals surface area contributed by atoms with Gasteiger partial charge in [0.15, 0.2) is 0 Å². The lowest BCUT2D eigenvalue weighted by molar-refractivity contribution is -0.910. The van der Waals surface area contributed by atoms with Crippen LogP contribution in [-0.2, 0) is 0 Å². The van der Waals surface area contributed by atoms with Crippen LogP contribution in [-0.4, -0.2) is 84.5 Å². The zero-order valence-corrected chi connectivity index (χ0v) is 32.2. The Balaban J connectivity index is 1.85. The second kappa shape index (κ2) is 12.3. The van der Waals surface area contributed by atoms with Crippen molar-refractivity contribution in [3.63, 3.8) is 0 Å². The number of quaternary nitrogens is 2. The molecule has 44 heavy (non-hydrogen) atoms. The van der Waals surface area contributed by atoms with Crippen LogP contribution in [0.25, 0.3) is 0 Å². The van der Waals surface area contributed by atoms with Gasteiger partial charge in [-0.05, 0) is 105 Å². The van der Waals surface area contributed by atoms with E-state index in [1.807, 2.05) is 0 Å². The van der Waals surface area contributed by atoms with Crippen molar-refractivity contribution in [2.75, 3.05) is 53.4 Å². The van der Waals surface area contributed by atoms with Crippen LogP contribution in [0.2, 0.25) is 0 Å². The third-order valence-electron chi connectivity index (χ3n) is 12.5. The van der Waals surface area contributed by atoms with Gasteiger partial charge in [0.05, 0.1) is 53.4 Å². The zero-order valence-electron chi connectivity index (χ0n) is 32.2. The van der Waals surface area contributed by atoms with Gasteiger partial charge in [-0.25, -0.2) is 0 Å². The zero-order chi connectivity index (χ0) is 33.9. The van der Waals surface area contributed by atoms with Crippen molar-refractivity contribution in [1.82, 2.24) is 0 Å². The summed E-state index contributed by atoms with van der Waals surface area (Å²) in [6.45, 7) is 35.7. The Bertz CT molecular complexity index is 930. The predicted molar refractivity (Wildman–Crippen MR) is 191 cm³/mol. The first-order valence-electron chi connectivity index (χ1n) is 18.2. The van der Waals surface area contributed by atoms with Gasteiger partial charge in [0.1, 0.15) is 0 Å². The third kappa shape index (κ3) is 10.6. The number of nitrogens with zero attached hydrogens (tertiary/aromatic N) is 2. The van der Waals surface area contributed by atoms with E-state index in [1.54, 1.807) is 0 Å². The number of nitrogens with two attached hydrogens (primary N) is 4. The number of hydrogen-bond donors (Lipinski definition) is 4. The minimum atomic E-state index is -0.149. The van der Waals surface area contributed by atoms with Crippen LogP contribution in [0.15, 0.2) is 0 Å². The Hall–Kier alpha value is -0.240. The van der Waals surface area contributed by atoms with Gasteiger partial charge < -0.3 is 31.9 Å². The fourth-order valence-corrected chi connectivity index (χ4v) is 10.6. The molecule has 0 saturated carbocycles. The summed E-state index contributed by atoms with van der Waals surface area (Å²) < 4.78 is 2.38. The molecule has 0 amide bonds. The first-order chi connectivity index (χ1) is 19.4. The maximum Gasteiger partial charge on any atom is 0.0821 e. The van der Waals surface area contributed by atoms with Crippen molar-refractivity contribution in [2.45, 2.75) is 144 Å². The van der Waals surface area contributed by atoms with Gasteiger partial charge in [-0.1, -0.05) is 27.7 Å². The lowest BCUT2D eigenvalue weighted by Crippen LogP contribution is -2.46. The van der Waals surface area contributed by atoms with E-state index in [0.29, 0.717) is 29.6 Å². The maximum atomic E-state index is 6.78. The quantitative estimate of drug-likeness (QED) is 0.191. The molecule has 0 aromatic rings. The number of hydrogen-bond acceptors (Lipinski definition) is 4. The van der Waals surface area contributed by atoms with E-state index in [2.05, 4.69) is 97.2 Å². The van der Waals surface area contributed by atoms with Crippen molar-refractivity contribution >= 4 is 0 Å². The molecule has 3 saturated heterocycles. The lowest BCUT2D eigenvalue weighted by atomic mass is 9.59. The number of rotatable bonds is 13. The van der Waals surface area contributed by atoms with E-state index >= 15 is 0 Å². The van der Waals surface area contributed by atoms with Gasteiger partial charge in [-0.2, -0.15) is 0 Å². The summed E-state index contributed by atoms with van der Waals surface area (Å²) in [5.41, 5.74) is 26.6. The molecule has 0 bridgehead atoms. The van der Waals surface area contributed by atoms with Crippen molar-refractivity contribution in [1.29, 1.82) is 0 Å². The van der Waals surface area contributed by atoms with Crippen molar-refractivity contribution in [3.8, 4) is 0 Å². The normalized spacial score (nSPS) is 34.0. The van der Waals surface area contributed by atoms with Crippen molar-refractivity contribution < 1.29 is 8.97 Å². The summed E-state index contributed by atoms with van der Waals surface area (Å²) in [4.78, 5) is 0. The molecule has 3 rings (SSSR count).